The van der Waals surface area contributed by atoms with Crippen molar-refractivity contribution in [2.75, 3.05) is 6.54 Å². The van der Waals surface area contributed by atoms with Crippen LogP contribution in [0, 0.1) is 0 Å². The predicted octanol–water partition coefficient (Wildman–Crippen LogP) is 2.75. The van der Waals surface area contributed by atoms with E-state index in [1.807, 2.05) is 17.5 Å². The summed E-state index contributed by atoms with van der Waals surface area (Å²) in [6.07, 6.45) is 5.35. The van der Waals surface area contributed by atoms with Crippen LogP contribution in [0.2, 0.25) is 0 Å². The van der Waals surface area contributed by atoms with E-state index in [9.17, 15) is 9.90 Å². The van der Waals surface area contributed by atoms with E-state index < -0.39 is 5.60 Å². The third kappa shape index (κ3) is 4.21. The summed E-state index contributed by atoms with van der Waals surface area (Å²) >= 11 is 1.47. The molecule has 7 heteroatoms. The zero-order chi connectivity index (χ0) is 17.0. The van der Waals surface area contributed by atoms with E-state index >= 15 is 0 Å². The van der Waals surface area contributed by atoms with Crippen molar-refractivity contribution >= 4 is 17.2 Å². The summed E-state index contributed by atoms with van der Waals surface area (Å²) in [4.78, 5) is 12.8. The summed E-state index contributed by atoms with van der Waals surface area (Å²) < 4.78 is 5.67. The van der Waals surface area contributed by atoms with Crippen LogP contribution in [0.25, 0.3) is 0 Å². The molecule has 0 spiro atoms. The molecule has 0 aliphatic heterocycles. The molecule has 1 aliphatic rings. The average molecular weight is 349 g/mol. The largest absolute Gasteiger partial charge is 0.425 e. The van der Waals surface area contributed by atoms with Crippen LogP contribution in [0.15, 0.2) is 21.9 Å². The summed E-state index contributed by atoms with van der Waals surface area (Å²) in [7, 11) is 0. The van der Waals surface area contributed by atoms with Crippen LogP contribution in [0.1, 0.15) is 61.6 Å². The lowest BCUT2D eigenvalue weighted by molar-refractivity contribution is -0.122. The van der Waals surface area contributed by atoms with Gasteiger partial charge in [-0.15, -0.1) is 21.5 Å². The number of aryl methyl sites for hydroxylation is 1. The highest BCUT2D eigenvalue weighted by Crippen LogP contribution is 2.33. The highest BCUT2D eigenvalue weighted by Gasteiger charge is 2.25. The third-order valence-corrected chi connectivity index (χ3v) is 5.56. The van der Waals surface area contributed by atoms with Crippen LogP contribution in [0.4, 0.5) is 0 Å². The zero-order valence-electron chi connectivity index (χ0n) is 13.8. The highest BCUT2D eigenvalue weighted by molar-refractivity contribution is 7.10. The van der Waals surface area contributed by atoms with Crippen molar-refractivity contribution in [3.05, 3.63) is 34.2 Å². The van der Waals surface area contributed by atoms with Crippen LogP contribution >= 0.6 is 11.3 Å². The molecule has 1 fully saturated rings. The molecule has 130 valence electrons. The fourth-order valence-electron chi connectivity index (χ4n) is 2.96. The quantitative estimate of drug-likeness (QED) is 0.802. The average Bonchev–Trinajstić information content (AvgIpc) is 3.32. The number of nitrogens with one attached hydrogen (secondary N) is 1. The topological polar surface area (TPSA) is 88.2 Å². The minimum absolute atomic E-state index is 0.132. The molecule has 2 aromatic rings. The van der Waals surface area contributed by atoms with Crippen LogP contribution in [-0.4, -0.2) is 27.8 Å². The Morgan fingerprint density at radius 3 is 2.96 bits per heavy atom. The summed E-state index contributed by atoms with van der Waals surface area (Å²) in [6, 6.07) is 3.74. The molecule has 24 heavy (non-hydrogen) atoms. The van der Waals surface area contributed by atoms with Gasteiger partial charge < -0.3 is 14.8 Å². The van der Waals surface area contributed by atoms with E-state index in [4.69, 9.17) is 4.42 Å². The molecule has 0 aromatic carbocycles. The number of carbonyl (C=O) groups is 1. The Morgan fingerprint density at radius 2 is 2.25 bits per heavy atom. The van der Waals surface area contributed by atoms with E-state index in [0.29, 0.717) is 24.1 Å². The number of aliphatic hydroxyl groups is 1. The van der Waals surface area contributed by atoms with Crippen molar-refractivity contribution in [1.82, 2.24) is 15.5 Å². The van der Waals surface area contributed by atoms with Crippen LogP contribution in [-0.2, 0) is 16.8 Å². The van der Waals surface area contributed by atoms with E-state index in [1.165, 1.54) is 24.2 Å². The monoisotopic (exact) mass is 349 g/mol. The molecule has 0 bridgehead atoms. The summed E-state index contributed by atoms with van der Waals surface area (Å²) in [5, 5.41) is 23.2. The van der Waals surface area contributed by atoms with Gasteiger partial charge in [-0.3, -0.25) is 4.79 Å². The Kier molecular flexibility index (Phi) is 5.30. The van der Waals surface area contributed by atoms with Crippen molar-refractivity contribution in [3.63, 3.8) is 0 Å². The second-order valence-electron chi connectivity index (χ2n) is 6.54. The molecule has 1 atom stereocenters. The maximum Gasteiger partial charge on any atom is 0.220 e. The number of hydrogen-bond acceptors (Lipinski definition) is 6. The van der Waals surface area contributed by atoms with Gasteiger partial charge in [-0.05, 0) is 31.2 Å². The van der Waals surface area contributed by atoms with E-state index in [-0.39, 0.29) is 18.9 Å². The number of rotatable bonds is 7. The molecule has 0 radical (unpaired) electrons. The summed E-state index contributed by atoms with van der Waals surface area (Å²) in [6.45, 7) is 1.88. The Labute approximate surface area is 145 Å². The van der Waals surface area contributed by atoms with Crippen molar-refractivity contribution in [2.24, 2.45) is 0 Å². The SMILES string of the molecule is CC(O)(CNC(=O)CCc1nnc(C2CCCC2)o1)c1cccs1. The van der Waals surface area contributed by atoms with Crippen LogP contribution in [0.5, 0.6) is 0 Å². The molecule has 1 unspecified atom stereocenters. The number of hydrogen-bond donors (Lipinski definition) is 2. The number of amides is 1. The van der Waals surface area contributed by atoms with Gasteiger partial charge in [0.05, 0.1) is 6.54 Å². The first-order valence-corrected chi connectivity index (χ1v) is 9.28. The first-order valence-electron chi connectivity index (χ1n) is 8.40. The predicted molar refractivity (Wildman–Crippen MR) is 90.7 cm³/mol. The Hall–Kier alpha value is -1.73. The normalized spacial score (nSPS) is 17.8. The highest BCUT2D eigenvalue weighted by atomic mass is 32.1. The minimum Gasteiger partial charge on any atom is -0.425 e. The Bertz CT molecular complexity index is 660. The second-order valence-corrected chi connectivity index (χ2v) is 7.49. The van der Waals surface area contributed by atoms with E-state index in [2.05, 4.69) is 15.5 Å². The van der Waals surface area contributed by atoms with Gasteiger partial charge >= 0.3 is 0 Å². The van der Waals surface area contributed by atoms with Crippen molar-refractivity contribution in [1.29, 1.82) is 0 Å². The van der Waals surface area contributed by atoms with Gasteiger partial charge in [-0.1, -0.05) is 18.9 Å². The molecule has 1 aliphatic carbocycles. The Balaban J connectivity index is 1.44. The number of aromatic nitrogens is 2. The van der Waals surface area contributed by atoms with Crippen LogP contribution < -0.4 is 5.32 Å². The van der Waals surface area contributed by atoms with Crippen LogP contribution in [0.3, 0.4) is 0 Å². The lowest BCUT2D eigenvalue weighted by Gasteiger charge is -2.22. The Morgan fingerprint density at radius 1 is 1.46 bits per heavy atom. The molecule has 6 nitrogen and oxygen atoms in total. The van der Waals surface area contributed by atoms with Gasteiger partial charge in [-0.2, -0.15) is 0 Å². The molecule has 1 saturated carbocycles. The summed E-state index contributed by atoms with van der Waals surface area (Å²) in [5.41, 5.74) is -1.05. The zero-order valence-corrected chi connectivity index (χ0v) is 14.6. The number of carbonyl (C=O) groups excluding carboxylic acids is 1. The smallest absolute Gasteiger partial charge is 0.220 e. The van der Waals surface area contributed by atoms with Gasteiger partial charge in [-0.25, -0.2) is 0 Å². The number of nitrogens with zero attached hydrogens (tertiary/aromatic N) is 2. The van der Waals surface area contributed by atoms with Gasteiger partial charge in [0.25, 0.3) is 0 Å². The fourth-order valence-corrected chi connectivity index (χ4v) is 3.74. The van der Waals surface area contributed by atoms with Gasteiger partial charge in [0.1, 0.15) is 5.60 Å². The molecule has 1 amide bonds. The standard InChI is InChI=1S/C17H23N3O3S/c1-17(22,13-7-4-10-24-13)11-18-14(21)8-9-15-19-20-16(23-15)12-5-2-3-6-12/h4,7,10,12,22H,2-3,5-6,8-9,11H2,1H3,(H,18,21). The van der Waals surface area contributed by atoms with Gasteiger partial charge in [0.2, 0.25) is 17.7 Å². The fraction of sp³-hybridized carbons (Fsp3) is 0.588. The maximum atomic E-state index is 12.0. The third-order valence-electron chi connectivity index (χ3n) is 4.43. The first-order chi connectivity index (χ1) is 11.5. The van der Waals surface area contributed by atoms with Crippen molar-refractivity contribution < 1.29 is 14.3 Å². The van der Waals surface area contributed by atoms with Gasteiger partial charge in [0.15, 0.2) is 0 Å². The molecular formula is C17H23N3O3S. The van der Waals surface area contributed by atoms with Crippen molar-refractivity contribution in [3.8, 4) is 0 Å². The molecular weight excluding hydrogens is 326 g/mol. The molecule has 0 saturated heterocycles. The molecule has 2 N–H and O–H groups in total. The van der Waals surface area contributed by atoms with Gasteiger partial charge in [0, 0.05) is 23.6 Å². The second kappa shape index (κ2) is 7.44. The lowest BCUT2D eigenvalue weighted by atomic mass is 10.1. The van der Waals surface area contributed by atoms with E-state index in [0.717, 1.165) is 17.7 Å². The molecule has 3 rings (SSSR count). The maximum absolute atomic E-state index is 12.0. The molecule has 2 aromatic heterocycles. The minimum atomic E-state index is -1.05. The lowest BCUT2D eigenvalue weighted by Crippen LogP contribution is -2.38. The molecule has 2 heterocycles. The van der Waals surface area contributed by atoms with Crippen molar-refractivity contribution in [2.45, 2.75) is 57.0 Å². The first kappa shape index (κ1) is 17.1. The van der Waals surface area contributed by atoms with E-state index in [1.54, 1.807) is 6.92 Å². The summed E-state index contributed by atoms with van der Waals surface area (Å²) in [5.74, 6) is 1.48. The number of thiophene rings is 1.